The number of fused-ring (bicyclic) bond motifs is 3. The fraction of sp³-hybridized carbons (Fsp3) is 0.300. The smallest absolute Gasteiger partial charge is 0.290 e. The van der Waals surface area contributed by atoms with Crippen LogP contribution in [0.4, 0.5) is 5.69 Å². The zero-order chi connectivity index (χ0) is 24.0. The van der Waals surface area contributed by atoms with Crippen molar-refractivity contribution in [3.05, 3.63) is 101 Å². The van der Waals surface area contributed by atoms with Crippen molar-refractivity contribution >= 4 is 11.6 Å². The molecule has 1 amide bonds. The molecule has 1 heterocycles. The van der Waals surface area contributed by atoms with Crippen LogP contribution in [-0.4, -0.2) is 32.5 Å². The Morgan fingerprint density at radius 3 is 2.57 bits per heavy atom. The van der Waals surface area contributed by atoms with Gasteiger partial charge in [-0.05, 0) is 65.3 Å². The molecule has 3 aromatic rings. The number of amides is 1. The van der Waals surface area contributed by atoms with Crippen LogP contribution in [-0.2, 0) is 25.4 Å². The van der Waals surface area contributed by atoms with Gasteiger partial charge in [-0.1, -0.05) is 60.7 Å². The van der Waals surface area contributed by atoms with Crippen LogP contribution in [0.25, 0.3) is 11.1 Å². The molecule has 35 heavy (non-hydrogen) atoms. The summed E-state index contributed by atoms with van der Waals surface area (Å²) in [4.78, 5) is 13.1. The normalized spacial score (nSPS) is 18.3. The lowest BCUT2D eigenvalue weighted by Crippen LogP contribution is -2.29. The Kier molecular flexibility index (Phi) is 7.26. The lowest BCUT2D eigenvalue weighted by atomic mass is 9.90. The van der Waals surface area contributed by atoms with Gasteiger partial charge in [0.25, 0.3) is 5.91 Å². The lowest BCUT2D eigenvalue weighted by Gasteiger charge is -2.29. The minimum atomic E-state index is -0.477. The maximum Gasteiger partial charge on any atom is 0.290 e. The van der Waals surface area contributed by atoms with E-state index in [0.29, 0.717) is 25.4 Å². The highest BCUT2D eigenvalue weighted by molar-refractivity contribution is 6.02. The minimum Gasteiger partial charge on any atom is -0.459 e. The fourth-order valence-electron chi connectivity index (χ4n) is 4.82. The average Bonchev–Trinajstić information content (AvgIpc) is 3.27. The molecule has 0 spiro atoms. The minimum absolute atomic E-state index is 0.0262. The topological polar surface area (TPSA) is 56.8 Å². The van der Waals surface area contributed by atoms with Crippen LogP contribution in [0.1, 0.15) is 41.9 Å². The van der Waals surface area contributed by atoms with Crippen LogP contribution in [0.3, 0.4) is 0 Å². The van der Waals surface area contributed by atoms with Gasteiger partial charge in [-0.2, -0.15) is 0 Å². The summed E-state index contributed by atoms with van der Waals surface area (Å²) < 4.78 is 17.2. The molecular formula is C30H31NO4. The van der Waals surface area contributed by atoms with Crippen molar-refractivity contribution < 1.29 is 19.0 Å². The highest BCUT2D eigenvalue weighted by Crippen LogP contribution is 2.40. The number of anilines is 1. The number of hydrogen-bond acceptors (Lipinski definition) is 4. The van der Waals surface area contributed by atoms with Gasteiger partial charge in [-0.25, -0.2) is 0 Å². The van der Waals surface area contributed by atoms with Crippen molar-refractivity contribution in [3.8, 4) is 11.1 Å². The number of methoxy groups -OCH3 is 1. The predicted octanol–water partition coefficient (Wildman–Crippen LogP) is 6.05. The van der Waals surface area contributed by atoms with Gasteiger partial charge in [-0.15, -0.1) is 0 Å². The van der Waals surface area contributed by atoms with E-state index in [9.17, 15) is 4.79 Å². The van der Waals surface area contributed by atoms with Crippen LogP contribution < -0.4 is 5.32 Å². The number of carbonyl (C=O) groups is 1. The molecule has 1 N–H and O–H groups in total. The molecule has 0 aromatic heterocycles. The van der Waals surface area contributed by atoms with E-state index in [1.807, 2.05) is 36.4 Å². The molecule has 5 rings (SSSR count). The summed E-state index contributed by atoms with van der Waals surface area (Å²) in [6.07, 6.45) is 4.87. The second-order valence-corrected chi connectivity index (χ2v) is 9.06. The maximum atomic E-state index is 13.1. The first-order chi connectivity index (χ1) is 17.2. The summed E-state index contributed by atoms with van der Waals surface area (Å²) in [7, 11) is 1.70. The highest BCUT2D eigenvalue weighted by atomic mass is 16.7. The zero-order valence-electron chi connectivity index (χ0n) is 20.0. The summed E-state index contributed by atoms with van der Waals surface area (Å²) in [6, 6.07) is 24.7. The van der Waals surface area contributed by atoms with Gasteiger partial charge in [0.05, 0.1) is 6.61 Å². The molecule has 2 atom stereocenters. The number of hydrogen-bond donors (Lipinski definition) is 1. The molecule has 5 nitrogen and oxygen atoms in total. The second kappa shape index (κ2) is 10.9. The van der Waals surface area contributed by atoms with Crippen LogP contribution in [0.15, 0.2) is 84.6 Å². The van der Waals surface area contributed by atoms with Crippen LogP contribution in [0.2, 0.25) is 0 Å². The fourth-order valence-corrected chi connectivity index (χ4v) is 4.82. The predicted molar refractivity (Wildman–Crippen MR) is 137 cm³/mol. The molecule has 3 aromatic carbocycles. The van der Waals surface area contributed by atoms with Gasteiger partial charge in [0.15, 0.2) is 5.76 Å². The number of nitrogens with one attached hydrogen (secondary N) is 1. The summed E-state index contributed by atoms with van der Waals surface area (Å²) >= 11 is 0. The van der Waals surface area contributed by atoms with Gasteiger partial charge >= 0.3 is 0 Å². The first-order valence-corrected chi connectivity index (χ1v) is 12.3. The molecule has 0 fully saturated rings. The summed E-state index contributed by atoms with van der Waals surface area (Å²) in [5, 5.41) is 2.94. The summed E-state index contributed by atoms with van der Waals surface area (Å²) in [6.45, 7) is 1.27. The van der Waals surface area contributed by atoms with E-state index in [1.165, 1.54) is 27.8 Å². The molecule has 5 heteroatoms. The van der Waals surface area contributed by atoms with Crippen molar-refractivity contribution in [1.29, 1.82) is 0 Å². The van der Waals surface area contributed by atoms with Gasteiger partial charge in [-0.3, -0.25) is 4.79 Å². The monoisotopic (exact) mass is 469 g/mol. The van der Waals surface area contributed by atoms with Crippen molar-refractivity contribution in [1.82, 2.24) is 0 Å². The van der Waals surface area contributed by atoms with Crippen molar-refractivity contribution in [3.63, 3.8) is 0 Å². The Hall–Kier alpha value is -3.41. The number of rotatable bonds is 9. The largest absolute Gasteiger partial charge is 0.459 e. The molecule has 0 saturated heterocycles. The number of unbranched alkanes of at least 4 members (excludes halogenated alkanes) is 1. The molecule has 0 bridgehead atoms. The maximum absolute atomic E-state index is 13.1. The summed E-state index contributed by atoms with van der Waals surface area (Å²) in [5.74, 6) is 0.0662. The van der Waals surface area contributed by atoms with E-state index >= 15 is 0 Å². The van der Waals surface area contributed by atoms with Crippen LogP contribution >= 0.6 is 0 Å². The van der Waals surface area contributed by atoms with Gasteiger partial charge in [0.1, 0.15) is 0 Å². The third kappa shape index (κ3) is 5.47. The van der Waals surface area contributed by atoms with Crippen molar-refractivity contribution in [2.24, 2.45) is 0 Å². The quantitative estimate of drug-likeness (QED) is 0.303. The van der Waals surface area contributed by atoms with E-state index in [2.05, 4.69) is 47.8 Å². The molecule has 1 aliphatic heterocycles. The molecule has 0 unspecified atom stereocenters. The molecule has 180 valence electrons. The second-order valence-electron chi connectivity index (χ2n) is 9.06. The number of allylic oxidation sites excluding steroid dienone is 1. The Balaban J connectivity index is 1.36. The Morgan fingerprint density at radius 2 is 1.71 bits per heavy atom. The number of carbonyl (C=O) groups excluding carboxylic acids is 1. The van der Waals surface area contributed by atoms with E-state index in [-0.39, 0.29) is 11.8 Å². The zero-order valence-corrected chi connectivity index (χ0v) is 20.0. The van der Waals surface area contributed by atoms with Gasteiger partial charge < -0.3 is 19.5 Å². The Bertz CT molecular complexity index is 1200. The van der Waals surface area contributed by atoms with Crippen molar-refractivity contribution in [2.45, 2.75) is 37.9 Å². The first-order valence-electron chi connectivity index (χ1n) is 12.3. The van der Waals surface area contributed by atoms with E-state index in [4.69, 9.17) is 14.2 Å². The third-order valence-electron chi connectivity index (χ3n) is 6.61. The number of para-hydroxylation sites is 1. The SMILES string of the molecule is COCCCCO[C@@H]1C[C@H](c2ccc3c(c2)Cc2ccccc2-3)C=C(C(=O)Nc2ccccc2)O1. The van der Waals surface area contributed by atoms with E-state index in [0.717, 1.165) is 24.9 Å². The third-order valence-corrected chi connectivity index (χ3v) is 6.61. The molecule has 1 aliphatic carbocycles. The molecule has 0 saturated carbocycles. The Morgan fingerprint density at radius 1 is 0.943 bits per heavy atom. The van der Waals surface area contributed by atoms with Gasteiger partial charge in [0, 0.05) is 31.7 Å². The molecule has 2 aliphatic rings. The lowest BCUT2D eigenvalue weighted by molar-refractivity contribution is -0.143. The van der Waals surface area contributed by atoms with E-state index in [1.54, 1.807) is 7.11 Å². The number of ether oxygens (including phenoxy) is 3. The summed E-state index contributed by atoms with van der Waals surface area (Å²) in [5.41, 5.74) is 7.22. The number of benzene rings is 3. The van der Waals surface area contributed by atoms with Gasteiger partial charge in [0.2, 0.25) is 6.29 Å². The first kappa shape index (κ1) is 23.3. The highest BCUT2D eigenvalue weighted by Gasteiger charge is 2.30. The van der Waals surface area contributed by atoms with E-state index < -0.39 is 6.29 Å². The average molecular weight is 470 g/mol. The molecule has 0 radical (unpaired) electrons. The van der Waals surface area contributed by atoms with Crippen LogP contribution in [0, 0.1) is 0 Å². The van der Waals surface area contributed by atoms with Crippen LogP contribution in [0.5, 0.6) is 0 Å². The Labute approximate surface area is 206 Å². The van der Waals surface area contributed by atoms with Crippen molar-refractivity contribution in [2.75, 3.05) is 25.6 Å². The standard InChI is InChI=1S/C30H31NO4/c1-33-15-7-8-16-34-29-20-23(19-28(35-29)30(32)31-25-10-3-2-4-11-25)21-13-14-27-24(17-21)18-22-9-5-6-12-26(22)27/h2-6,9-14,17,19,23,29H,7-8,15-16,18,20H2,1H3,(H,31,32)/t23-,29+/m1/s1. The molecular weight excluding hydrogens is 438 g/mol.